The van der Waals surface area contributed by atoms with E-state index in [1.807, 2.05) is 12.3 Å². The van der Waals surface area contributed by atoms with Crippen LogP contribution >= 0.6 is 11.8 Å². The first-order valence-electron chi connectivity index (χ1n) is 8.26. The van der Waals surface area contributed by atoms with Crippen molar-refractivity contribution in [1.29, 1.82) is 0 Å². The monoisotopic (exact) mass is 380 g/mol. The normalized spacial score (nSPS) is 12.6. The third kappa shape index (κ3) is 3.19. The lowest BCUT2D eigenvalue weighted by Crippen LogP contribution is -2.17. The van der Waals surface area contributed by atoms with Gasteiger partial charge in [0.1, 0.15) is 5.03 Å². The maximum absolute atomic E-state index is 12.9. The molecule has 0 atom stereocenters. The van der Waals surface area contributed by atoms with Crippen LogP contribution in [0.25, 0.3) is 11.6 Å². The molecule has 136 valence electrons. The predicted octanol–water partition coefficient (Wildman–Crippen LogP) is 3.26. The van der Waals surface area contributed by atoms with Crippen LogP contribution in [-0.4, -0.2) is 28.0 Å². The van der Waals surface area contributed by atoms with Gasteiger partial charge in [-0.25, -0.2) is 9.97 Å². The molecule has 0 bridgehead atoms. The Morgan fingerprint density at radius 3 is 2.89 bits per heavy atom. The number of carbonyl (C=O) groups excluding carboxylic acids is 2. The van der Waals surface area contributed by atoms with Gasteiger partial charge in [0.05, 0.1) is 17.5 Å². The van der Waals surface area contributed by atoms with Crippen molar-refractivity contribution < 1.29 is 14.0 Å². The molecule has 8 heteroatoms. The summed E-state index contributed by atoms with van der Waals surface area (Å²) in [4.78, 5) is 33.6. The van der Waals surface area contributed by atoms with Crippen LogP contribution in [0, 0.1) is 6.92 Å². The second-order valence-electron chi connectivity index (χ2n) is 6.00. The van der Waals surface area contributed by atoms with Crippen molar-refractivity contribution in [1.82, 2.24) is 15.3 Å². The molecule has 0 radical (unpaired) electrons. The van der Waals surface area contributed by atoms with E-state index in [0.717, 1.165) is 5.56 Å². The smallest absolute Gasteiger partial charge is 0.260 e. The lowest BCUT2D eigenvalue weighted by molar-refractivity contribution is 0.0964. The van der Waals surface area contributed by atoms with Crippen LogP contribution in [0.1, 0.15) is 32.0 Å². The van der Waals surface area contributed by atoms with Crippen molar-refractivity contribution in [2.75, 3.05) is 11.6 Å². The van der Waals surface area contributed by atoms with Crippen LogP contribution in [0.2, 0.25) is 0 Å². The minimum absolute atomic E-state index is 0.131. The van der Waals surface area contributed by atoms with Crippen molar-refractivity contribution in [3.8, 4) is 11.6 Å². The van der Waals surface area contributed by atoms with Gasteiger partial charge in [-0.2, -0.15) is 0 Å². The summed E-state index contributed by atoms with van der Waals surface area (Å²) in [5, 5.41) is 6.16. The summed E-state index contributed by atoms with van der Waals surface area (Å²) in [5.41, 5.74) is 3.02. The number of thioether (sulfide) groups is 1. The Morgan fingerprint density at radius 2 is 2.15 bits per heavy atom. The van der Waals surface area contributed by atoms with Gasteiger partial charge in [0.2, 0.25) is 0 Å². The van der Waals surface area contributed by atoms with Crippen molar-refractivity contribution in [3.63, 3.8) is 0 Å². The van der Waals surface area contributed by atoms with Crippen LogP contribution in [0.4, 0.5) is 5.69 Å². The molecule has 3 aromatic rings. The molecule has 1 aliphatic heterocycles. The van der Waals surface area contributed by atoms with Gasteiger partial charge in [-0.3, -0.25) is 9.59 Å². The molecule has 0 saturated heterocycles. The first kappa shape index (κ1) is 17.3. The van der Waals surface area contributed by atoms with E-state index in [2.05, 4.69) is 20.6 Å². The lowest BCUT2D eigenvalue weighted by atomic mass is 10.1. The molecule has 2 amide bonds. The number of nitrogens with zero attached hydrogens (tertiary/aromatic N) is 2. The van der Waals surface area contributed by atoms with E-state index in [1.54, 1.807) is 37.5 Å². The molecule has 0 fully saturated rings. The summed E-state index contributed by atoms with van der Waals surface area (Å²) in [6.07, 6.45) is 3.40. The van der Waals surface area contributed by atoms with Crippen LogP contribution in [0.15, 0.2) is 46.0 Å². The number of benzene rings is 1. The zero-order valence-electron chi connectivity index (χ0n) is 14.7. The number of anilines is 1. The van der Waals surface area contributed by atoms with E-state index >= 15 is 0 Å². The van der Waals surface area contributed by atoms with E-state index in [-0.39, 0.29) is 11.8 Å². The van der Waals surface area contributed by atoms with Crippen LogP contribution in [-0.2, 0) is 6.54 Å². The van der Waals surface area contributed by atoms with Gasteiger partial charge < -0.3 is 15.1 Å². The van der Waals surface area contributed by atoms with Crippen molar-refractivity contribution in [3.05, 3.63) is 59.0 Å². The second kappa shape index (κ2) is 6.88. The molecule has 4 rings (SSSR count). The molecule has 1 aromatic carbocycles. The van der Waals surface area contributed by atoms with Crippen LogP contribution in [0.5, 0.6) is 0 Å². The summed E-state index contributed by atoms with van der Waals surface area (Å²) in [5.74, 6) is 0.534. The number of aryl methyl sites for hydroxylation is 1. The van der Waals surface area contributed by atoms with E-state index in [4.69, 9.17) is 4.42 Å². The Bertz CT molecular complexity index is 1050. The molecular weight excluding hydrogens is 364 g/mol. The number of hydrogen-bond acceptors (Lipinski definition) is 6. The topological polar surface area (TPSA) is 97.1 Å². The summed E-state index contributed by atoms with van der Waals surface area (Å²) in [6.45, 7) is 2.28. The van der Waals surface area contributed by atoms with Gasteiger partial charge in [0.25, 0.3) is 11.8 Å². The summed E-state index contributed by atoms with van der Waals surface area (Å²) < 4.78 is 5.35. The molecular formula is C19H16N4O3S. The average Bonchev–Trinajstić information content (AvgIpc) is 3.31. The third-order valence-electron chi connectivity index (χ3n) is 4.27. The summed E-state index contributed by atoms with van der Waals surface area (Å²) >= 11 is 1.36. The number of rotatable bonds is 4. The predicted molar refractivity (Wildman–Crippen MR) is 102 cm³/mol. The minimum Gasteiger partial charge on any atom is -0.461 e. The number of furan rings is 1. The number of fused-ring (bicyclic) bond motifs is 1. The van der Waals surface area contributed by atoms with Gasteiger partial charge in [-0.15, -0.1) is 11.8 Å². The fraction of sp³-hybridized carbons (Fsp3) is 0.158. The van der Waals surface area contributed by atoms with E-state index in [9.17, 15) is 9.59 Å². The minimum atomic E-state index is -0.318. The largest absolute Gasteiger partial charge is 0.461 e. The Balaban J connectivity index is 1.66. The third-order valence-corrected chi connectivity index (χ3v) is 4.95. The summed E-state index contributed by atoms with van der Waals surface area (Å²) in [6, 6.07) is 8.83. The standard InChI is InChI=1S/C19H16N4O3S/c1-10-15(19(27-2)23-16(21-10)14-4-3-7-26-14)18(25)22-12-6-5-11-9-20-17(24)13(11)8-12/h3-8H,9H2,1-2H3,(H,20,24)(H,22,25). The highest BCUT2D eigenvalue weighted by molar-refractivity contribution is 7.98. The fourth-order valence-electron chi connectivity index (χ4n) is 2.96. The Morgan fingerprint density at radius 1 is 1.30 bits per heavy atom. The highest BCUT2D eigenvalue weighted by Crippen LogP contribution is 2.27. The van der Waals surface area contributed by atoms with Crippen molar-refractivity contribution in [2.45, 2.75) is 18.5 Å². The maximum Gasteiger partial charge on any atom is 0.260 e. The van der Waals surface area contributed by atoms with Gasteiger partial charge in [-0.1, -0.05) is 6.07 Å². The van der Waals surface area contributed by atoms with Gasteiger partial charge >= 0.3 is 0 Å². The number of hydrogen-bond donors (Lipinski definition) is 2. The molecule has 3 heterocycles. The van der Waals surface area contributed by atoms with Crippen molar-refractivity contribution >= 4 is 29.3 Å². The molecule has 1 aliphatic rings. The van der Waals surface area contributed by atoms with E-state index in [1.165, 1.54) is 11.8 Å². The Kier molecular flexibility index (Phi) is 4.41. The molecule has 2 N–H and O–H groups in total. The molecule has 27 heavy (non-hydrogen) atoms. The Hall–Kier alpha value is -3.13. The molecule has 7 nitrogen and oxygen atoms in total. The first-order valence-corrected chi connectivity index (χ1v) is 9.48. The summed E-state index contributed by atoms with van der Waals surface area (Å²) in [7, 11) is 0. The first-order chi connectivity index (χ1) is 13.1. The maximum atomic E-state index is 12.9. The van der Waals surface area contributed by atoms with E-state index in [0.29, 0.717) is 45.7 Å². The van der Waals surface area contributed by atoms with Crippen LogP contribution < -0.4 is 10.6 Å². The molecule has 0 saturated carbocycles. The highest BCUT2D eigenvalue weighted by Gasteiger charge is 2.22. The highest BCUT2D eigenvalue weighted by atomic mass is 32.2. The number of carbonyl (C=O) groups is 2. The van der Waals surface area contributed by atoms with Gasteiger partial charge in [0.15, 0.2) is 11.6 Å². The second-order valence-corrected chi connectivity index (χ2v) is 6.80. The average molecular weight is 380 g/mol. The zero-order valence-corrected chi connectivity index (χ0v) is 15.5. The van der Waals surface area contributed by atoms with Crippen molar-refractivity contribution in [2.24, 2.45) is 0 Å². The number of amides is 2. The van der Waals surface area contributed by atoms with Gasteiger partial charge in [-0.05, 0) is 43.0 Å². The zero-order chi connectivity index (χ0) is 19.0. The molecule has 0 aliphatic carbocycles. The molecule has 0 unspecified atom stereocenters. The number of aromatic nitrogens is 2. The molecule has 0 spiro atoms. The Labute approximate surface area is 159 Å². The lowest BCUT2D eigenvalue weighted by Gasteiger charge is -2.12. The number of nitrogens with one attached hydrogen (secondary N) is 2. The fourth-order valence-corrected chi connectivity index (χ4v) is 3.58. The molecule has 2 aromatic heterocycles. The van der Waals surface area contributed by atoms with E-state index < -0.39 is 0 Å². The quantitative estimate of drug-likeness (QED) is 0.533. The van der Waals surface area contributed by atoms with Crippen LogP contribution in [0.3, 0.4) is 0 Å². The van der Waals surface area contributed by atoms with Gasteiger partial charge in [0, 0.05) is 17.8 Å². The SMILES string of the molecule is CSc1nc(-c2ccco2)nc(C)c1C(=O)Nc1ccc2c(c1)C(=O)NC2.